The molecule has 2 aromatic rings. The maximum absolute atomic E-state index is 13.2. The van der Waals surface area contributed by atoms with Crippen molar-refractivity contribution < 1.29 is 9.59 Å². The van der Waals surface area contributed by atoms with Gasteiger partial charge in [0.25, 0.3) is 11.8 Å². The third-order valence-corrected chi connectivity index (χ3v) is 9.65. The summed E-state index contributed by atoms with van der Waals surface area (Å²) < 4.78 is 0. The molecule has 4 rings (SSSR count). The van der Waals surface area contributed by atoms with Crippen LogP contribution in [0, 0.1) is 0 Å². The van der Waals surface area contributed by atoms with Gasteiger partial charge in [0, 0.05) is 45.4 Å². The first-order valence-corrected chi connectivity index (χ1v) is 14.0. The predicted octanol–water partition coefficient (Wildman–Crippen LogP) is 5.60. The zero-order valence-electron chi connectivity index (χ0n) is 25.2. The van der Waals surface area contributed by atoms with Crippen LogP contribution in [0.1, 0.15) is 102 Å². The Labute approximate surface area is 229 Å². The van der Waals surface area contributed by atoms with Crippen LogP contribution in [-0.4, -0.2) is 69.9 Å². The van der Waals surface area contributed by atoms with Crippen molar-refractivity contribution >= 4 is 22.6 Å². The number of likely N-dealkylation sites (tertiary alicyclic amines) is 2. The molecule has 0 unspecified atom stereocenters. The van der Waals surface area contributed by atoms with Crippen molar-refractivity contribution in [3.8, 4) is 0 Å². The van der Waals surface area contributed by atoms with Gasteiger partial charge in [0.15, 0.2) is 0 Å². The summed E-state index contributed by atoms with van der Waals surface area (Å²) in [5, 5.41) is 8.50. The number of piperidine rings is 2. The number of carbonyl (C=O) groups excluding carboxylic acids is 2. The third-order valence-electron chi connectivity index (χ3n) is 9.65. The van der Waals surface area contributed by atoms with Gasteiger partial charge >= 0.3 is 0 Å². The summed E-state index contributed by atoms with van der Waals surface area (Å²) in [7, 11) is 4.34. The number of nitrogens with zero attached hydrogens (tertiary/aromatic N) is 2. The maximum Gasteiger partial charge on any atom is 0.251 e. The summed E-state index contributed by atoms with van der Waals surface area (Å²) in [6.07, 6.45) is 3.65. The van der Waals surface area contributed by atoms with Crippen molar-refractivity contribution in [3.63, 3.8) is 0 Å². The number of amides is 2. The van der Waals surface area contributed by atoms with Gasteiger partial charge in [0.1, 0.15) is 0 Å². The van der Waals surface area contributed by atoms with E-state index in [0.717, 1.165) is 36.5 Å². The minimum atomic E-state index is -0.0395. The van der Waals surface area contributed by atoms with E-state index in [1.54, 1.807) is 0 Å². The van der Waals surface area contributed by atoms with Crippen LogP contribution in [0.5, 0.6) is 0 Å². The van der Waals surface area contributed by atoms with Crippen molar-refractivity contribution in [2.75, 3.05) is 14.1 Å². The third kappa shape index (κ3) is 5.62. The molecule has 2 aliphatic rings. The molecule has 2 amide bonds. The summed E-state index contributed by atoms with van der Waals surface area (Å²) in [6, 6.07) is 11.7. The van der Waals surface area contributed by atoms with Crippen molar-refractivity contribution in [1.29, 1.82) is 0 Å². The van der Waals surface area contributed by atoms with Crippen LogP contribution in [0.25, 0.3) is 10.8 Å². The normalized spacial score (nSPS) is 23.7. The Morgan fingerprint density at radius 2 is 0.895 bits per heavy atom. The van der Waals surface area contributed by atoms with Gasteiger partial charge in [0.05, 0.1) is 0 Å². The number of nitrogens with one attached hydrogen (secondary N) is 2. The molecule has 6 nitrogen and oxygen atoms in total. The van der Waals surface area contributed by atoms with Crippen molar-refractivity contribution in [1.82, 2.24) is 20.4 Å². The Morgan fingerprint density at radius 3 is 1.18 bits per heavy atom. The quantitative estimate of drug-likeness (QED) is 0.551. The predicted molar refractivity (Wildman–Crippen MR) is 157 cm³/mol. The van der Waals surface area contributed by atoms with E-state index in [-0.39, 0.29) is 46.1 Å². The number of hydrogen-bond donors (Lipinski definition) is 2. The zero-order chi connectivity index (χ0) is 28.3. The minimum Gasteiger partial charge on any atom is -0.349 e. The van der Waals surface area contributed by atoms with Crippen LogP contribution in [-0.2, 0) is 0 Å². The van der Waals surface area contributed by atoms with Crippen molar-refractivity contribution in [2.45, 2.75) is 115 Å². The molecule has 2 aromatic carbocycles. The maximum atomic E-state index is 13.2. The average molecular weight is 521 g/mol. The highest BCUT2D eigenvalue weighted by atomic mass is 16.2. The zero-order valence-corrected chi connectivity index (χ0v) is 25.2. The molecule has 0 atom stereocenters. The summed E-state index contributed by atoms with van der Waals surface area (Å²) >= 11 is 0. The highest BCUT2D eigenvalue weighted by Crippen LogP contribution is 2.38. The van der Waals surface area contributed by atoms with Crippen LogP contribution in [0.15, 0.2) is 36.4 Å². The monoisotopic (exact) mass is 520 g/mol. The summed E-state index contributed by atoms with van der Waals surface area (Å²) in [5.41, 5.74) is 1.36. The Bertz CT molecular complexity index is 1100. The smallest absolute Gasteiger partial charge is 0.251 e. The Balaban J connectivity index is 1.45. The minimum absolute atomic E-state index is 0.0130. The van der Waals surface area contributed by atoms with E-state index < -0.39 is 0 Å². The lowest BCUT2D eigenvalue weighted by Crippen LogP contribution is -2.62. The van der Waals surface area contributed by atoms with E-state index in [9.17, 15) is 9.59 Å². The first-order valence-electron chi connectivity index (χ1n) is 14.0. The van der Waals surface area contributed by atoms with Gasteiger partial charge < -0.3 is 10.6 Å². The van der Waals surface area contributed by atoms with Crippen LogP contribution in [0.4, 0.5) is 0 Å². The number of carbonyl (C=O) groups is 2. The van der Waals surface area contributed by atoms with Gasteiger partial charge in [0.2, 0.25) is 0 Å². The molecular formula is C32H48N4O2. The van der Waals surface area contributed by atoms with E-state index in [2.05, 4.69) is 89.9 Å². The standard InChI is InChI=1S/C32H48N4O2/c1-29(2)17-25(18-30(3,4)35(29)9)33-27(37)23-13-11-22-16-24(14-12-21(22)15-23)28(38)34-26-19-31(5,6)36(10)32(7,8)20-26/h11-16,25-26H,17-20H2,1-10H3,(H,33,37)(H,34,38). The second kappa shape index (κ2) is 9.63. The van der Waals surface area contributed by atoms with E-state index in [4.69, 9.17) is 0 Å². The van der Waals surface area contributed by atoms with E-state index in [1.807, 2.05) is 36.4 Å². The number of benzene rings is 2. The van der Waals surface area contributed by atoms with Crippen LogP contribution in [0.3, 0.4) is 0 Å². The molecule has 208 valence electrons. The number of fused-ring (bicyclic) bond motifs is 1. The molecule has 0 aromatic heterocycles. The lowest BCUT2D eigenvalue weighted by molar-refractivity contribution is -0.0173. The number of rotatable bonds is 4. The van der Waals surface area contributed by atoms with Crippen molar-refractivity contribution in [2.24, 2.45) is 0 Å². The van der Waals surface area contributed by atoms with Gasteiger partial charge in [-0.15, -0.1) is 0 Å². The summed E-state index contributed by atoms with van der Waals surface area (Å²) in [6.45, 7) is 17.9. The van der Waals surface area contributed by atoms with E-state index in [1.165, 1.54) is 0 Å². The van der Waals surface area contributed by atoms with E-state index in [0.29, 0.717) is 11.1 Å². The SMILES string of the molecule is CN1C(C)(C)CC(NC(=O)c2ccc3cc(C(=O)NC4CC(C)(C)N(C)C(C)(C)C4)ccc3c2)CC1(C)C. The second-order valence-corrected chi connectivity index (χ2v) is 14.3. The highest BCUT2D eigenvalue weighted by molar-refractivity contribution is 6.02. The topological polar surface area (TPSA) is 64.7 Å². The molecule has 2 saturated heterocycles. The van der Waals surface area contributed by atoms with Gasteiger partial charge in [-0.1, -0.05) is 12.1 Å². The summed E-state index contributed by atoms with van der Waals surface area (Å²) in [5.74, 6) is -0.0789. The number of hydrogen-bond acceptors (Lipinski definition) is 4. The summed E-state index contributed by atoms with van der Waals surface area (Å²) in [4.78, 5) is 31.2. The fourth-order valence-corrected chi connectivity index (χ4v) is 7.01. The molecule has 6 heteroatoms. The fraction of sp³-hybridized carbons (Fsp3) is 0.625. The molecular weight excluding hydrogens is 472 g/mol. The van der Waals surface area contributed by atoms with Gasteiger partial charge in [-0.2, -0.15) is 0 Å². The fourth-order valence-electron chi connectivity index (χ4n) is 7.01. The van der Waals surface area contributed by atoms with Crippen LogP contribution < -0.4 is 10.6 Å². The van der Waals surface area contributed by atoms with Crippen LogP contribution in [0.2, 0.25) is 0 Å². The molecule has 2 N–H and O–H groups in total. The second-order valence-electron chi connectivity index (χ2n) is 14.3. The molecule has 2 heterocycles. The molecule has 0 aliphatic carbocycles. The molecule has 38 heavy (non-hydrogen) atoms. The lowest BCUT2D eigenvalue weighted by Gasteiger charge is -2.53. The first kappa shape index (κ1) is 28.6. The van der Waals surface area contributed by atoms with Gasteiger partial charge in [-0.25, -0.2) is 0 Å². The molecule has 0 radical (unpaired) electrons. The largest absolute Gasteiger partial charge is 0.349 e. The molecule has 0 bridgehead atoms. The Hall–Kier alpha value is -2.44. The molecule has 2 aliphatic heterocycles. The molecule has 0 spiro atoms. The van der Waals surface area contributed by atoms with Crippen LogP contribution >= 0.6 is 0 Å². The van der Waals surface area contributed by atoms with E-state index >= 15 is 0 Å². The Morgan fingerprint density at radius 1 is 0.605 bits per heavy atom. The highest BCUT2D eigenvalue weighted by Gasteiger charge is 2.44. The lowest BCUT2D eigenvalue weighted by atomic mass is 9.77. The van der Waals surface area contributed by atoms with Crippen molar-refractivity contribution in [3.05, 3.63) is 47.5 Å². The first-order chi connectivity index (χ1) is 17.4. The molecule has 0 saturated carbocycles. The van der Waals surface area contributed by atoms with Gasteiger partial charge in [-0.3, -0.25) is 19.4 Å². The van der Waals surface area contributed by atoms with Gasteiger partial charge in [-0.05, 0) is 130 Å². The average Bonchev–Trinajstić information content (AvgIpc) is 2.79. The molecule has 2 fully saturated rings. The Kier molecular flexibility index (Phi) is 7.24.